The molecule has 3 atom stereocenters. The lowest BCUT2D eigenvalue weighted by Gasteiger charge is -2.19. The van der Waals surface area contributed by atoms with Crippen LogP contribution < -0.4 is 4.72 Å². The highest BCUT2D eigenvalue weighted by molar-refractivity contribution is 7.83. The molecule has 1 aromatic carbocycles. The third-order valence-electron chi connectivity index (χ3n) is 2.73. The van der Waals surface area contributed by atoms with Gasteiger partial charge in [0.1, 0.15) is 17.0 Å². The van der Waals surface area contributed by atoms with Crippen molar-refractivity contribution in [3.05, 3.63) is 29.8 Å². The van der Waals surface area contributed by atoms with Crippen molar-refractivity contribution in [3.63, 3.8) is 0 Å². The van der Waals surface area contributed by atoms with Crippen LogP contribution in [-0.2, 0) is 11.0 Å². The van der Waals surface area contributed by atoms with Crippen molar-refractivity contribution in [1.82, 2.24) is 4.72 Å². The summed E-state index contributed by atoms with van der Waals surface area (Å²) in [5.74, 6) is -0.977. The highest BCUT2D eigenvalue weighted by Crippen LogP contribution is 2.26. The van der Waals surface area contributed by atoms with Crippen molar-refractivity contribution in [1.29, 1.82) is 5.26 Å². The van der Waals surface area contributed by atoms with E-state index >= 15 is 0 Å². The molecule has 1 rings (SSSR count). The minimum absolute atomic E-state index is 0.426. The molecule has 0 spiro atoms. The standard InChI is InChI=1S/C13H15F3N2OS/c1-9-3-5-11(6-4-9)20(19)18-12(8-17)10(2)7-13(14,15)16/h3-6,10,12,18H,7H2,1-2H3/t10-,12+,20?/m0/s1. The molecular weight excluding hydrogens is 289 g/mol. The zero-order valence-corrected chi connectivity index (χ0v) is 11.9. The van der Waals surface area contributed by atoms with E-state index in [-0.39, 0.29) is 0 Å². The second-order valence-corrected chi connectivity index (χ2v) is 5.85. The molecule has 0 aliphatic rings. The number of hydrogen-bond donors (Lipinski definition) is 1. The molecule has 0 aliphatic carbocycles. The molecule has 1 N–H and O–H groups in total. The van der Waals surface area contributed by atoms with Gasteiger partial charge in [0, 0.05) is 6.42 Å². The summed E-state index contributed by atoms with van der Waals surface area (Å²) in [6, 6.07) is 7.32. The van der Waals surface area contributed by atoms with E-state index in [0.717, 1.165) is 5.56 Å². The van der Waals surface area contributed by atoms with Crippen LogP contribution in [0.4, 0.5) is 13.2 Å². The van der Waals surface area contributed by atoms with E-state index in [1.807, 2.05) is 6.92 Å². The number of alkyl halides is 3. The zero-order valence-electron chi connectivity index (χ0n) is 11.1. The number of rotatable bonds is 5. The predicted octanol–water partition coefficient (Wildman–Crippen LogP) is 3.09. The van der Waals surface area contributed by atoms with Gasteiger partial charge in [0.2, 0.25) is 0 Å². The maximum atomic E-state index is 12.3. The smallest absolute Gasteiger partial charge is 0.237 e. The highest BCUT2D eigenvalue weighted by atomic mass is 32.2. The van der Waals surface area contributed by atoms with Crippen LogP contribution in [0.15, 0.2) is 29.2 Å². The van der Waals surface area contributed by atoms with Gasteiger partial charge in [0.25, 0.3) is 0 Å². The molecule has 3 nitrogen and oxygen atoms in total. The number of nitrogens with zero attached hydrogens (tertiary/aromatic N) is 1. The Bertz CT molecular complexity index is 508. The number of benzene rings is 1. The Labute approximate surface area is 118 Å². The van der Waals surface area contributed by atoms with Gasteiger partial charge >= 0.3 is 6.18 Å². The number of nitrogens with one attached hydrogen (secondary N) is 1. The molecule has 0 aliphatic heterocycles. The lowest BCUT2D eigenvalue weighted by Crippen LogP contribution is -2.37. The lowest BCUT2D eigenvalue weighted by molar-refractivity contribution is -0.143. The average molecular weight is 304 g/mol. The van der Waals surface area contributed by atoms with E-state index < -0.39 is 35.5 Å². The van der Waals surface area contributed by atoms with E-state index in [1.165, 1.54) is 6.92 Å². The molecule has 0 radical (unpaired) electrons. The quantitative estimate of drug-likeness (QED) is 0.909. The molecule has 0 fully saturated rings. The summed E-state index contributed by atoms with van der Waals surface area (Å²) in [6.07, 6.45) is -5.44. The van der Waals surface area contributed by atoms with Gasteiger partial charge in [0.15, 0.2) is 0 Å². The van der Waals surface area contributed by atoms with Crippen molar-refractivity contribution in [3.8, 4) is 6.07 Å². The van der Waals surface area contributed by atoms with Gasteiger partial charge in [-0.25, -0.2) is 8.93 Å². The van der Waals surface area contributed by atoms with E-state index in [2.05, 4.69) is 4.72 Å². The fourth-order valence-corrected chi connectivity index (χ4v) is 2.63. The van der Waals surface area contributed by atoms with Gasteiger partial charge in [-0.05, 0) is 25.0 Å². The van der Waals surface area contributed by atoms with Crippen LogP contribution in [0.25, 0.3) is 0 Å². The van der Waals surface area contributed by atoms with Gasteiger partial charge in [-0.2, -0.15) is 18.4 Å². The molecular formula is C13H15F3N2OS. The molecule has 0 aromatic heterocycles. The minimum atomic E-state index is -4.35. The summed E-state index contributed by atoms with van der Waals surface area (Å²) < 4.78 is 51.3. The van der Waals surface area contributed by atoms with Crippen molar-refractivity contribution < 1.29 is 17.4 Å². The fourth-order valence-electron chi connectivity index (χ4n) is 1.60. The molecule has 0 bridgehead atoms. The van der Waals surface area contributed by atoms with Crippen LogP contribution in [0.3, 0.4) is 0 Å². The van der Waals surface area contributed by atoms with E-state index in [0.29, 0.717) is 4.90 Å². The Morgan fingerprint density at radius 1 is 1.35 bits per heavy atom. The van der Waals surface area contributed by atoms with Crippen molar-refractivity contribution in [2.45, 2.75) is 37.4 Å². The van der Waals surface area contributed by atoms with Gasteiger partial charge in [-0.3, -0.25) is 0 Å². The minimum Gasteiger partial charge on any atom is -0.237 e. The number of hydrogen-bond acceptors (Lipinski definition) is 2. The summed E-state index contributed by atoms with van der Waals surface area (Å²) in [4.78, 5) is 0.426. The summed E-state index contributed by atoms with van der Waals surface area (Å²) in [5.41, 5.74) is 0.980. The maximum Gasteiger partial charge on any atom is 0.389 e. The molecule has 1 unspecified atom stereocenters. The van der Waals surface area contributed by atoms with Gasteiger partial charge in [-0.15, -0.1) is 0 Å². The predicted molar refractivity (Wildman–Crippen MR) is 70.0 cm³/mol. The summed E-state index contributed by atoms with van der Waals surface area (Å²) in [6.45, 7) is 3.17. The topological polar surface area (TPSA) is 52.9 Å². The van der Waals surface area contributed by atoms with Crippen LogP contribution in [-0.4, -0.2) is 16.4 Å². The summed E-state index contributed by atoms with van der Waals surface area (Å²) >= 11 is 0. The lowest BCUT2D eigenvalue weighted by atomic mass is 10.0. The van der Waals surface area contributed by atoms with Gasteiger partial charge in [0.05, 0.1) is 11.0 Å². The molecule has 0 amide bonds. The van der Waals surface area contributed by atoms with Crippen molar-refractivity contribution in [2.24, 2.45) is 5.92 Å². The van der Waals surface area contributed by atoms with Crippen molar-refractivity contribution >= 4 is 11.0 Å². The van der Waals surface area contributed by atoms with Crippen LogP contribution in [0.2, 0.25) is 0 Å². The van der Waals surface area contributed by atoms with Gasteiger partial charge < -0.3 is 0 Å². The Morgan fingerprint density at radius 3 is 2.35 bits per heavy atom. The van der Waals surface area contributed by atoms with E-state index in [4.69, 9.17) is 5.26 Å². The Morgan fingerprint density at radius 2 is 1.90 bits per heavy atom. The average Bonchev–Trinajstić information content (AvgIpc) is 2.34. The molecule has 0 saturated carbocycles. The molecule has 20 heavy (non-hydrogen) atoms. The summed E-state index contributed by atoms with van der Waals surface area (Å²) in [7, 11) is -1.71. The second kappa shape index (κ2) is 6.86. The van der Waals surface area contributed by atoms with Crippen LogP contribution in [0.1, 0.15) is 18.9 Å². The van der Waals surface area contributed by atoms with Crippen LogP contribution >= 0.6 is 0 Å². The summed E-state index contributed by atoms with van der Waals surface area (Å²) in [5, 5.41) is 8.92. The first-order valence-corrected chi connectivity index (χ1v) is 7.09. The largest absolute Gasteiger partial charge is 0.389 e. The Balaban J connectivity index is 2.71. The monoisotopic (exact) mass is 304 g/mol. The number of aryl methyl sites for hydroxylation is 1. The maximum absolute atomic E-state index is 12.3. The first-order valence-electron chi connectivity index (χ1n) is 5.94. The number of nitriles is 1. The molecule has 110 valence electrons. The fraction of sp³-hybridized carbons (Fsp3) is 0.462. The molecule has 7 heteroatoms. The van der Waals surface area contributed by atoms with Gasteiger partial charge in [-0.1, -0.05) is 24.6 Å². The van der Waals surface area contributed by atoms with Crippen LogP contribution in [0, 0.1) is 24.2 Å². The Hall–Kier alpha value is -1.39. The third kappa shape index (κ3) is 5.31. The number of halogens is 3. The Kier molecular flexibility index (Phi) is 5.72. The highest BCUT2D eigenvalue weighted by Gasteiger charge is 2.34. The molecule has 0 saturated heterocycles. The van der Waals surface area contributed by atoms with Crippen LogP contribution in [0.5, 0.6) is 0 Å². The molecule has 1 aromatic rings. The third-order valence-corrected chi connectivity index (χ3v) is 3.90. The SMILES string of the molecule is Cc1ccc(S(=O)N[C@H](C#N)[C@@H](C)CC(F)(F)F)cc1. The molecule has 0 heterocycles. The van der Waals surface area contributed by atoms with E-state index in [9.17, 15) is 17.4 Å². The first kappa shape index (κ1) is 16.7. The van der Waals surface area contributed by atoms with E-state index in [1.54, 1.807) is 30.3 Å². The van der Waals surface area contributed by atoms with Crippen molar-refractivity contribution in [2.75, 3.05) is 0 Å². The normalized spacial score (nSPS) is 16.2. The second-order valence-electron chi connectivity index (χ2n) is 4.60. The first-order chi connectivity index (χ1) is 9.23. The zero-order chi connectivity index (χ0) is 15.3.